The third-order valence-electron chi connectivity index (χ3n) is 3.50. The van der Waals surface area contributed by atoms with Crippen LogP contribution in [0.25, 0.3) is 16.8 Å². The Balaban J connectivity index is 1.90. The second-order valence-electron chi connectivity index (χ2n) is 5.05. The lowest BCUT2D eigenvalue weighted by Gasteiger charge is -2.08. The number of rotatable bonds is 4. The zero-order valence-corrected chi connectivity index (χ0v) is 12.3. The first-order chi connectivity index (χ1) is 11.3. The summed E-state index contributed by atoms with van der Waals surface area (Å²) in [4.78, 5) is 23.5. The van der Waals surface area contributed by atoms with Crippen molar-refractivity contribution < 1.29 is 9.59 Å². The van der Waals surface area contributed by atoms with Gasteiger partial charge in [-0.25, -0.2) is 0 Å². The van der Waals surface area contributed by atoms with Crippen LogP contribution in [0.15, 0.2) is 78.4 Å². The van der Waals surface area contributed by atoms with Crippen LogP contribution in [0.1, 0.15) is 5.56 Å². The van der Waals surface area contributed by atoms with E-state index in [1.807, 2.05) is 72.8 Å². The molecule has 0 saturated carbocycles. The molecule has 1 radical (unpaired) electrons. The van der Waals surface area contributed by atoms with E-state index in [-0.39, 0.29) is 5.57 Å². The number of amides is 1. The molecule has 1 N–H and O–H groups in total. The minimum Gasteiger partial charge on any atom is -0.321 e. The Bertz CT molecular complexity index is 877. The molecule has 0 spiro atoms. The van der Waals surface area contributed by atoms with Crippen LogP contribution < -0.4 is 5.32 Å². The normalized spacial score (nSPS) is 11.2. The highest BCUT2D eigenvalue weighted by molar-refractivity contribution is 6.21. The second-order valence-corrected chi connectivity index (χ2v) is 5.05. The summed E-state index contributed by atoms with van der Waals surface area (Å²) >= 11 is 0. The van der Waals surface area contributed by atoms with Gasteiger partial charge in [-0.1, -0.05) is 66.7 Å². The Labute approximate surface area is 134 Å². The molecule has 0 aliphatic heterocycles. The van der Waals surface area contributed by atoms with Crippen LogP contribution in [-0.4, -0.2) is 12.2 Å². The van der Waals surface area contributed by atoms with Crippen LogP contribution in [0.5, 0.6) is 0 Å². The Hall–Kier alpha value is -3.20. The summed E-state index contributed by atoms with van der Waals surface area (Å²) in [7, 11) is 0. The third kappa shape index (κ3) is 3.35. The van der Waals surface area contributed by atoms with E-state index in [0.717, 1.165) is 16.3 Å². The summed E-state index contributed by atoms with van der Waals surface area (Å²) in [5.41, 5.74) is 1.41. The van der Waals surface area contributed by atoms with Crippen LogP contribution in [-0.2, 0) is 9.59 Å². The van der Waals surface area contributed by atoms with E-state index >= 15 is 0 Å². The summed E-state index contributed by atoms with van der Waals surface area (Å²) in [6.45, 7) is 0. The summed E-state index contributed by atoms with van der Waals surface area (Å²) in [6.07, 6.45) is 3.24. The fourth-order valence-corrected chi connectivity index (χ4v) is 2.38. The number of hydrogen-bond acceptors (Lipinski definition) is 2. The van der Waals surface area contributed by atoms with Crippen molar-refractivity contribution in [3.05, 3.63) is 83.9 Å². The van der Waals surface area contributed by atoms with E-state index in [1.54, 1.807) is 6.29 Å². The highest BCUT2D eigenvalue weighted by atomic mass is 16.2. The maximum Gasteiger partial charge on any atom is 0.259 e. The molecule has 23 heavy (non-hydrogen) atoms. The molecule has 0 bridgehead atoms. The van der Waals surface area contributed by atoms with E-state index in [1.165, 1.54) is 6.08 Å². The van der Waals surface area contributed by atoms with Gasteiger partial charge in [-0.2, -0.15) is 0 Å². The molecule has 3 nitrogen and oxygen atoms in total. The Morgan fingerprint density at radius 3 is 2.35 bits per heavy atom. The second kappa shape index (κ2) is 6.71. The molecule has 3 rings (SSSR count). The molecule has 0 aliphatic rings. The Morgan fingerprint density at radius 2 is 1.57 bits per heavy atom. The SMILES string of the molecule is O=[C]C(=Cc1ccccc1)C(=O)Nc1cccc2ccccc12. The van der Waals surface area contributed by atoms with Crippen molar-refractivity contribution in [3.8, 4) is 0 Å². The summed E-state index contributed by atoms with van der Waals surface area (Å²) in [6, 6.07) is 22.6. The van der Waals surface area contributed by atoms with Crippen molar-refractivity contribution in [2.75, 3.05) is 5.32 Å². The standard InChI is InChI=1S/C20H14NO2/c22-14-17(13-15-7-2-1-3-8-15)20(23)21-19-12-6-10-16-9-4-5-11-18(16)19/h1-13H,(H,21,23). The van der Waals surface area contributed by atoms with Gasteiger partial charge in [0.2, 0.25) is 6.29 Å². The van der Waals surface area contributed by atoms with Crippen molar-refractivity contribution in [1.29, 1.82) is 0 Å². The molecular formula is C20H14NO2. The largest absolute Gasteiger partial charge is 0.321 e. The van der Waals surface area contributed by atoms with E-state index < -0.39 is 5.91 Å². The number of fused-ring (bicyclic) bond motifs is 1. The van der Waals surface area contributed by atoms with Crippen LogP contribution in [0, 0.1) is 0 Å². The van der Waals surface area contributed by atoms with E-state index in [4.69, 9.17) is 0 Å². The van der Waals surface area contributed by atoms with Gasteiger partial charge in [0.15, 0.2) is 0 Å². The van der Waals surface area contributed by atoms with E-state index in [9.17, 15) is 9.59 Å². The molecule has 3 aromatic rings. The van der Waals surface area contributed by atoms with Gasteiger partial charge in [-0.3, -0.25) is 9.59 Å². The van der Waals surface area contributed by atoms with E-state index in [2.05, 4.69) is 5.32 Å². The smallest absolute Gasteiger partial charge is 0.259 e. The molecule has 3 aromatic carbocycles. The highest BCUT2D eigenvalue weighted by Crippen LogP contribution is 2.23. The minimum atomic E-state index is -0.472. The van der Waals surface area contributed by atoms with Gasteiger partial charge in [-0.05, 0) is 23.1 Å². The summed E-state index contributed by atoms with van der Waals surface area (Å²) in [5, 5.41) is 4.73. The molecule has 0 unspecified atom stereocenters. The molecule has 111 valence electrons. The molecule has 0 saturated heterocycles. The van der Waals surface area contributed by atoms with Gasteiger partial charge in [0.1, 0.15) is 0 Å². The molecule has 0 atom stereocenters. The average molecular weight is 300 g/mol. The minimum absolute atomic E-state index is 0.0378. The number of benzene rings is 3. The van der Waals surface area contributed by atoms with Gasteiger partial charge in [0, 0.05) is 11.1 Å². The molecule has 0 aromatic heterocycles. The molecule has 0 aliphatic carbocycles. The zero-order valence-electron chi connectivity index (χ0n) is 12.3. The fourth-order valence-electron chi connectivity index (χ4n) is 2.38. The van der Waals surface area contributed by atoms with Gasteiger partial charge in [0.05, 0.1) is 5.57 Å². The lowest BCUT2D eigenvalue weighted by atomic mass is 10.1. The van der Waals surface area contributed by atoms with Crippen LogP contribution in [0.4, 0.5) is 5.69 Å². The summed E-state index contributed by atoms with van der Waals surface area (Å²) < 4.78 is 0. The molecule has 1 amide bonds. The predicted molar refractivity (Wildman–Crippen MR) is 92.7 cm³/mol. The first-order valence-electron chi connectivity index (χ1n) is 7.22. The Morgan fingerprint density at radius 1 is 0.870 bits per heavy atom. The number of nitrogens with one attached hydrogen (secondary N) is 1. The molecule has 3 heteroatoms. The topological polar surface area (TPSA) is 46.2 Å². The van der Waals surface area contributed by atoms with E-state index in [0.29, 0.717) is 5.69 Å². The van der Waals surface area contributed by atoms with Crippen molar-refractivity contribution in [1.82, 2.24) is 0 Å². The zero-order chi connectivity index (χ0) is 16.1. The fraction of sp³-hybridized carbons (Fsp3) is 0. The lowest BCUT2D eigenvalue weighted by Crippen LogP contribution is -2.15. The summed E-state index contributed by atoms with van der Waals surface area (Å²) in [5.74, 6) is -0.472. The molecule has 0 heterocycles. The predicted octanol–water partition coefficient (Wildman–Crippen LogP) is 3.97. The number of carbonyl (C=O) groups is 1. The van der Waals surface area contributed by atoms with Gasteiger partial charge < -0.3 is 5.32 Å². The van der Waals surface area contributed by atoms with Crippen LogP contribution >= 0.6 is 0 Å². The maximum absolute atomic E-state index is 12.3. The average Bonchev–Trinajstić information content (AvgIpc) is 2.61. The first kappa shape index (κ1) is 14.7. The van der Waals surface area contributed by atoms with Crippen LogP contribution in [0.2, 0.25) is 0 Å². The van der Waals surface area contributed by atoms with Crippen molar-refractivity contribution in [3.63, 3.8) is 0 Å². The Kier molecular flexibility index (Phi) is 4.29. The third-order valence-corrected chi connectivity index (χ3v) is 3.50. The van der Waals surface area contributed by atoms with Gasteiger partial charge >= 0.3 is 0 Å². The highest BCUT2D eigenvalue weighted by Gasteiger charge is 2.11. The van der Waals surface area contributed by atoms with Gasteiger partial charge in [-0.15, -0.1) is 0 Å². The van der Waals surface area contributed by atoms with Crippen molar-refractivity contribution in [2.24, 2.45) is 0 Å². The van der Waals surface area contributed by atoms with Gasteiger partial charge in [0.25, 0.3) is 5.91 Å². The number of carbonyl (C=O) groups excluding carboxylic acids is 2. The monoisotopic (exact) mass is 300 g/mol. The number of hydrogen-bond donors (Lipinski definition) is 1. The molecule has 0 fully saturated rings. The lowest BCUT2D eigenvalue weighted by molar-refractivity contribution is -0.112. The quantitative estimate of drug-likeness (QED) is 0.450. The van der Waals surface area contributed by atoms with Crippen molar-refractivity contribution in [2.45, 2.75) is 0 Å². The van der Waals surface area contributed by atoms with Crippen molar-refractivity contribution >= 4 is 34.7 Å². The maximum atomic E-state index is 12.3. The molecular weight excluding hydrogens is 286 g/mol. The first-order valence-corrected chi connectivity index (χ1v) is 7.22. The van der Waals surface area contributed by atoms with Crippen LogP contribution in [0.3, 0.4) is 0 Å². The number of anilines is 1.